The Morgan fingerprint density at radius 1 is 1.22 bits per heavy atom. The number of rotatable bonds is 6. The zero-order valence-corrected chi connectivity index (χ0v) is 20.4. The van der Waals surface area contributed by atoms with Crippen molar-refractivity contribution in [1.82, 2.24) is 24.9 Å². The summed E-state index contributed by atoms with van der Waals surface area (Å²) in [7, 11) is -3.27. The van der Waals surface area contributed by atoms with Gasteiger partial charge in [-0.1, -0.05) is 5.16 Å². The highest BCUT2D eigenvalue weighted by molar-refractivity contribution is 9.10. The quantitative estimate of drug-likeness (QED) is 0.418. The molecule has 0 aliphatic carbocycles. The number of carbonyl (C=O) groups is 1. The van der Waals surface area contributed by atoms with E-state index in [1.54, 1.807) is 0 Å². The van der Waals surface area contributed by atoms with Gasteiger partial charge in [-0.2, -0.15) is 17.5 Å². The van der Waals surface area contributed by atoms with Crippen LogP contribution in [0.5, 0.6) is 0 Å². The van der Waals surface area contributed by atoms with Gasteiger partial charge in [0.2, 0.25) is 11.6 Å². The molecule has 0 atom stereocenters. The van der Waals surface area contributed by atoms with Crippen LogP contribution in [0.4, 0.5) is 23.4 Å². The molecule has 1 fully saturated rings. The van der Waals surface area contributed by atoms with Crippen LogP contribution in [0.3, 0.4) is 0 Å². The number of hydrogen-bond acceptors (Lipinski definition) is 10. The number of aromatic nitrogens is 4. The highest BCUT2D eigenvalue weighted by Gasteiger charge is 2.40. The molecule has 4 rings (SSSR count). The van der Waals surface area contributed by atoms with Crippen molar-refractivity contribution < 1.29 is 35.7 Å². The maximum Gasteiger partial charge on any atom is 0.474 e. The average Bonchev–Trinajstić information content (AvgIpc) is 3.42. The lowest BCUT2D eigenvalue weighted by atomic mass is 10.3. The van der Waals surface area contributed by atoms with Crippen molar-refractivity contribution in [2.24, 2.45) is 4.36 Å². The molecule has 0 radical (unpaired) electrons. The van der Waals surface area contributed by atoms with Crippen LogP contribution >= 0.6 is 15.9 Å². The molecule has 3 aromatic rings. The van der Waals surface area contributed by atoms with Gasteiger partial charge in [-0.15, -0.1) is 0 Å². The number of benzene rings is 1. The summed E-state index contributed by atoms with van der Waals surface area (Å²) in [5.41, 5.74) is 0.275. The summed E-state index contributed by atoms with van der Waals surface area (Å²) in [5, 5.41) is 14.1. The number of amides is 1. The van der Waals surface area contributed by atoms with Gasteiger partial charge >= 0.3 is 17.8 Å². The molecule has 1 aliphatic rings. The highest BCUT2D eigenvalue weighted by atomic mass is 79.9. The predicted octanol–water partition coefficient (Wildman–Crippen LogP) is 2.06. The van der Waals surface area contributed by atoms with E-state index in [1.165, 1.54) is 12.1 Å². The molecule has 3 heterocycles. The number of nitrogens with zero attached hydrogens (tertiary/aromatic N) is 6. The number of anilines is 1. The molecule has 1 aromatic carbocycles. The van der Waals surface area contributed by atoms with E-state index in [4.69, 9.17) is 9.15 Å². The van der Waals surface area contributed by atoms with Gasteiger partial charge in [0.15, 0.2) is 5.69 Å². The molecule has 0 unspecified atom stereocenters. The first-order chi connectivity index (χ1) is 17.0. The first-order valence-electron chi connectivity index (χ1n) is 10.1. The lowest BCUT2D eigenvalue weighted by Gasteiger charge is -2.28. The number of alkyl halides is 3. The second kappa shape index (κ2) is 10.1. The fourth-order valence-electron chi connectivity index (χ4n) is 3.31. The minimum absolute atomic E-state index is 0.0347. The molecule has 1 aliphatic heterocycles. The van der Waals surface area contributed by atoms with Gasteiger partial charge in [0.1, 0.15) is 5.82 Å². The van der Waals surface area contributed by atoms with Crippen molar-refractivity contribution >= 4 is 37.4 Å². The second-order valence-corrected chi connectivity index (χ2v) is 10.9. The minimum Gasteiger partial charge on any atom is -0.364 e. The van der Waals surface area contributed by atoms with Crippen LogP contribution in [0.1, 0.15) is 0 Å². The molecule has 12 nitrogen and oxygen atoms in total. The van der Waals surface area contributed by atoms with Crippen LogP contribution in [0.15, 0.2) is 41.0 Å². The summed E-state index contributed by atoms with van der Waals surface area (Å²) in [4.78, 5) is 25.1. The van der Waals surface area contributed by atoms with Gasteiger partial charge in [-0.25, -0.2) is 22.6 Å². The van der Waals surface area contributed by atoms with Crippen LogP contribution in [0.2, 0.25) is 0 Å². The molecule has 194 valence electrons. The fraction of sp³-hybridized carbons (Fsp3) is 0.389. The third-order valence-corrected chi connectivity index (χ3v) is 7.88. The topological polar surface area (TPSA) is 149 Å². The van der Waals surface area contributed by atoms with E-state index >= 15 is 0 Å². The summed E-state index contributed by atoms with van der Waals surface area (Å²) in [5.74, 6) is -4.03. The van der Waals surface area contributed by atoms with Gasteiger partial charge < -0.3 is 5.32 Å². The van der Waals surface area contributed by atoms with E-state index in [0.29, 0.717) is 6.54 Å². The van der Waals surface area contributed by atoms with E-state index in [0.717, 1.165) is 10.6 Å². The zero-order valence-electron chi connectivity index (χ0n) is 18.0. The number of carbonyl (C=O) groups excluding carboxylic acids is 1. The van der Waals surface area contributed by atoms with Crippen molar-refractivity contribution in [1.29, 1.82) is 0 Å². The van der Waals surface area contributed by atoms with Crippen LogP contribution in [0.25, 0.3) is 17.2 Å². The van der Waals surface area contributed by atoms with Crippen molar-refractivity contribution in [2.45, 2.75) is 6.18 Å². The summed E-state index contributed by atoms with van der Waals surface area (Å²) in [6, 6.07) is 3.83. The largest absolute Gasteiger partial charge is 0.474 e. The number of halogens is 5. The lowest BCUT2D eigenvalue weighted by molar-refractivity contribution is -0.169. The Balaban J connectivity index is 1.41. The average molecular weight is 598 g/mol. The second-order valence-electron chi connectivity index (χ2n) is 7.51. The summed E-state index contributed by atoms with van der Waals surface area (Å²) in [6.45, 7) is 0.958. The minimum atomic E-state index is -5.16. The summed E-state index contributed by atoms with van der Waals surface area (Å²) in [6.07, 6.45) is -5.16. The summed E-state index contributed by atoms with van der Waals surface area (Å²) < 4.78 is 76.8. The van der Waals surface area contributed by atoms with Crippen LogP contribution in [0, 0.1) is 5.82 Å². The Morgan fingerprint density at radius 2 is 1.94 bits per heavy atom. The van der Waals surface area contributed by atoms with E-state index in [-0.39, 0.29) is 58.6 Å². The molecular formula is C18H16BrF4N7O5S. The third kappa shape index (κ3) is 5.65. The van der Waals surface area contributed by atoms with E-state index in [2.05, 4.69) is 41.1 Å². The molecule has 1 N–H and O–H groups in total. The molecule has 2 aromatic heterocycles. The Kier molecular flexibility index (Phi) is 7.28. The van der Waals surface area contributed by atoms with Crippen LogP contribution in [-0.2, 0) is 14.5 Å². The molecule has 18 heteroatoms. The Labute approximate surface area is 207 Å². The smallest absolute Gasteiger partial charge is 0.364 e. The predicted molar refractivity (Wildman–Crippen MR) is 119 cm³/mol. The van der Waals surface area contributed by atoms with E-state index < -0.39 is 33.4 Å². The first kappa shape index (κ1) is 26.0. The maximum absolute atomic E-state index is 13.6. The van der Waals surface area contributed by atoms with Crippen LogP contribution in [-0.4, -0.2) is 78.9 Å². The number of hydrogen-bond donors (Lipinski definition) is 1. The van der Waals surface area contributed by atoms with E-state index in [1.807, 2.05) is 4.90 Å². The lowest BCUT2D eigenvalue weighted by Crippen LogP contribution is -2.42. The van der Waals surface area contributed by atoms with E-state index in [9.17, 15) is 31.4 Å². The van der Waals surface area contributed by atoms with Gasteiger partial charge in [0.25, 0.3) is 0 Å². The van der Waals surface area contributed by atoms with Gasteiger partial charge in [-0.3, -0.25) is 14.2 Å². The van der Waals surface area contributed by atoms with Crippen molar-refractivity contribution in [2.75, 3.05) is 43.0 Å². The molecule has 0 bridgehead atoms. The van der Waals surface area contributed by atoms with Gasteiger partial charge in [0.05, 0.1) is 19.9 Å². The third-order valence-electron chi connectivity index (χ3n) is 5.13. The fourth-order valence-corrected chi connectivity index (χ4v) is 5.56. The molecule has 1 amide bonds. The molecular weight excluding hydrogens is 582 g/mol. The molecule has 1 saturated heterocycles. The van der Waals surface area contributed by atoms with Gasteiger partial charge in [-0.05, 0) is 44.4 Å². The van der Waals surface area contributed by atoms with Gasteiger partial charge in [0, 0.05) is 37.7 Å². The molecule has 0 spiro atoms. The highest BCUT2D eigenvalue weighted by Crippen LogP contribution is 2.26. The maximum atomic E-state index is 13.6. The van der Waals surface area contributed by atoms with Crippen molar-refractivity contribution in [3.63, 3.8) is 0 Å². The standard InChI is InChI=1S/C18H16BrF4N7O5S/c19-11-9-10(1-2-12(11)20)30-15(27-34-17(30)32)13-14(26-35-25-13)24-3-4-29-5-7-36(33,8-6-29)28-16(31)18(21,22)23/h1-2,9H,3-8H2,(H,24,26). The van der Waals surface area contributed by atoms with Crippen LogP contribution < -0.4 is 11.1 Å². The monoisotopic (exact) mass is 597 g/mol. The van der Waals surface area contributed by atoms with Crippen molar-refractivity contribution in [3.8, 4) is 17.2 Å². The molecule has 36 heavy (non-hydrogen) atoms. The number of nitrogens with one attached hydrogen (secondary N) is 1. The Hall–Kier alpha value is -3.12. The summed E-state index contributed by atoms with van der Waals surface area (Å²) >= 11 is 3.05. The zero-order chi connectivity index (χ0) is 26.1. The first-order valence-corrected chi connectivity index (χ1v) is 12.8. The van der Waals surface area contributed by atoms with Crippen molar-refractivity contribution in [3.05, 3.63) is 39.0 Å². The Morgan fingerprint density at radius 3 is 2.61 bits per heavy atom. The SMILES string of the molecule is O=C(N=S1(=O)CCN(CCNc2nonc2-c2noc(=O)n2-c2ccc(F)c(Br)c2)CC1)C(F)(F)F. The Bertz CT molecular complexity index is 1450. The normalized spacial score (nSPS) is 16.1. The molecule has 0 saturated carbocycles.